The quantitative estimate of drug-likeness (QED) is 0.880. The summed E-state index contributed by atoms with van der Waals surface area (Å²) in [6.07, 6.45) is 1.29. The highest BCUT2D eigenvalue weighted by atomic mass is 19.1. The van der Waals surface area contributed by atoms with Crippen LogP contribution in [0.15, 0.2) is 18.2 Å². The van der Waals surface area contributed by atoms with E-state index in [0.29, 0.717) is 17.8 Å². The molecule has 1 aromatic carbocycles. The van der Waals surface area contributed by atoms with Gasteiger partial charge in [0.1, 0.15) is 5.82 Å². The van der Waals surface area contributed by atoms with Gasteiger partial charge in [-0.1, -0.05) is 27.7 Å². The molecular weight excluding hydrogens is 263 g/mol. The third-order valence-corrected chi connectivity index (χ3v) is 4.12. The van der Waals surface area contributed by atoms with Crippen molar-refractivity contribution in [3.63, 3.8) is 0 Å². The summed E-state index contributed by atoms with van der Waals surface area (Å²) >= 11 is 0. The summed E-state index contributed by atoms with van der Waals surface area (Å²) < 4.78 is 13.6. The molecule has 0 bridgehead atoms. The fourth-order valence-electron chi connectivity index (χ4n) is 3.36. The highest BCUT2D eigenvalue weighted by molar-refractivity contribution is 5.54. The lowest BCUT2D eigenvalue weighted by atomic mass is 9.91. The molecule has 1 heterocycles. The Morgan fingerprint density at radius 2 is 1.90 bits per heavy atom. The average molecular weight is 292 g/mol. The van der Waals surface area contributed by atoms with Gasteiger partial charge in [0.25, 0.3) is 0 Å². The Morgan fingerprint density at radius 1 is 1.24 bits per heavy atom. The van der Waals surface area contributed by atoms with Crippen molar-refractivity contribution >= 4 is 5.69 Å². The van der Waals surface area contributed by atoms with Gasteiger partial charge in [-0.3, -0.25) is 0 Å². The first-order valence-electron chi connectivity index (χ1n) is 8.19. The molecule has 0 radical (unpaired) electrons. The molecule has 1 fully saturated rings. The number of nitrogens with zero attached hydrogens (tertiary/aromatic N) is 1. The summed E-state index contributed by atoms with van der Waals surface area (Å²) in [7, 11) is 0. The highest BCUT2D eigenvalue weighted by Gasteiger charge is 2.23. The Hall–Kier alpha value is -1.09. The maximum Gasteiger partial charge on any atom is 0.123 e. The van der Waals surface area contributed by atoms with Crippen molar-refractivity contribution in [3.05, 3.63) is 29.6 Å². The third-order valence-electron chi connectivity index (χ3n) is 4.12. The van der Waals surface area contributed by atoms with Crippen molar-refractivity contribution in [1.82, 2.24) is 5.32 Å². The van der Waals surface area contributed by atoms with Crippen LogP contribution in [0.5, 0.6) is 0 Å². The minimum atomic E-state index is -0.141. The van der Waals surface area contributed by atoms with E-state index in [-0.39, 0.29) is 5.82 Å². The molecule has 1 saturated heterocycles. The predicted molar refractivity (Wildman–Crippen MR) is 88.1 cm³/mol. The second kappa shape index (κ2) is 7.26. The first-order chi connectivity index (χ1) is 9.95. The molecule has 2 unspecified atom stereocenters. The average Bonchev–Trinajstić information content (AvgIpc) is 2.37. The number of piperidine rings is 1. The van der Waals surface area contributed by atoms with Crippen molar-refractivity contribution in [1.29, 1.82) is 0 Å². The van der Waals surface area contributed by atoms with Crippen LogP contribution in [0.3, 0.4) is 0 Å². The SMILES string of the molecule is CC(C)CNCc1cc(F)ccc1N1CC(C)CC(C)C1. The minimum Gasteiger partial charge on any atom is -0.371 e. The second-order valence-corrected chi connectivity index (χ2v) is 7.15. The Morgan fingerprint density at radius 3 is 2.52 bits per heavy atom. The Kier molecular flexibility index (Phi) is 5.63. The Balaban J connectivity index is 2.13. The molecule has 0 amide bonds. The normalized spacial score (nSPS) is 22.9. The van der Waals surface area contributed by atoms with Gasteiger partial charge in [0.15, 0.2) is 0 Å². The first-order valence-corrected chi connectivity index (χ1v) is 8.19. The van der Waals surface area contributed by atoms with Gasteiger partial charge in [-0.2, -0.15) is 0 Å². The van der Waals surface area contributed by atoms with Crippen molar-refractivity contribution in [2.24, 2.45) is 17.8 Å². The molecule has 2 rings (SSSR count). The van der Waals surface area contributed by atoms with Crippen LogP contribution >= 0.6 is 0 Å². The van der Waals surface area contributed by atoms with E-state index >= 15 is 0 Å². The molecule has 21 heavy (non-hydrogen) atoms. The molecule has 2 atom stereocenters. The summed E-state index contributed by atoms with van der Waals surface area (Å²) in [6.45, 7) is 12.8. The van der Waals surface area contributed by atoms with Crippen LogP contribution in [0.25, 0.3) is 0 Å². The van der Waals surface area contributed by atoms with Crippen LogP contribution < -0.4 is 10.2 Å². The monoisotopic (exact) mass is 292 g/mol. The van der Waals surface area contributed by atoms with E-state index < -0.39 is 0 Å². The first kappa shape index (κ1) is 16.3. The largest absolute Gasteiger partial charge is 0.371 e. The van der Waals surface area contributed by atoms with E-state index in [1.54, 1.807) is 12.1 Å². The van der Waals surface area contributed by atoms with Crippen molar-refractivity contribution in [3.8, 4) is 0 Å². The Bertz CT molecular complexity index is 449. The van der Waals surface area contributed by atoms with E-state index in [1.807, 2.05) is 6.07 Å². The number of benzene rings is 1. The number of rotatable bonds is 5. The second-order valence-electron chi connectivity index (χ2n) is 7.15. The highest BCUT2D eigenvalue weighted by Crippen LogP contribution is 2.29. The van der Waals surface area contributed by atoms with Crippen LogP contribution in [-0.2, 0) is 6.54 Å². The zero-order valence-electron chi connectivity index (χ0n) is 13.8. The van der Waals surface area contributed by atoms with Crippen LogP contribution in [0.2, 0.25) is 0 Å². The fraction of sp³-hybridized carbons (Fsp3) is 0.667. The van der Waals surface area contributed by atoms with Crippen LogP contribution in [0.1, 0.15) is 39.7 Å². The number of anilines is 1. The molecule has 1 N–H and O–H groups in total. The van der Waals surface area contributed by atoms with Gasteiger partial charge in [-0.05, 0) is 54.5 Å². The summed E-state index contributed by atoms with van der Waals surface area (Å²) in [6, 6.07) is 5.23. The van der Waals surface area contributed by atoms with E-state index in [0.717, 1.165) is 31.7 Å². The Labute approximate surface area is 128 Å². The molecule has 118 valence electrons. The van der Waals surface area contributed by atoms with Gasteiger partial charge in [-0.25, -0.2) is 4.39 Å². The third kappa shape index (κ3) is 4.70. The molecule has 3 heteroatoms. The van der Waals surface area contributed by atoms with Gasteiger partial charge in [0.2, 0.25) is 0 Å². The lowest BCUT2D eigenvalue weighted by Crippen LogP contribution is -2.39. The summed E-state index contributed by atoms with van der Waals surface area (Å²) in [5.41, 5.74) is 2.28. The number of nitrogens with one attached hydrogen (secondary N) is 1. The molecule has 2 nitrogen and oxygen atoms in total. The zero-order chi connectivity index (χ0) is 15.4. The van der Waals surface area contributed by atoms with Gasteiger partial charge >= 0.3 is 0 Å². The lowest BCUT2D eigenvalue weighted by molar-refractivity contribution is 0.356. The molecule has 1 aromatic rings. The van der Waals surface area contributed by atoms with Gasteiger partial charge in [-0.15, -0.1) is 0 Å². The van der Waals surface area contributed by atoms with Crippen LogP contribution in [0, 0.1) is 23.6 Å². The maximum absolute atomic E-state index is 13.6. The van der Waals surface area contributed by atoms with Crippen LogP contribution in [0.4, 0.5) is 10.1 Å². The van der Waals surface area contributed by atoms with E-state index in [9.17, 15) is 4.39 Å². The van der Waals surface area contributed by atoms with Crippen LogP contribution in [-0.4, -0.2) is 19.6 Å². The molecule has 0 spiro atoms. The summed E-state index contributed by atoms with van der Waals surface area (Å²) in [5.74, 6) is 1.88. The molecule has 1 aliphatic heterocycles. The maximum atomic E-state index is 13.6. The fourth-order valence-corrected chi connectivity index (χ4v) is 3.36. The summed E-state index contributed by atoms with van der Waals surface area (Å²) in [5, 5.41) is 3.44. The smallest absolute Gasteiger partial charge is 0.123 e. The zero-order valence-corrected chi connectivity index (χ0v) is 13.8. The van der Waals surface area contributed by atoms with Crippen molar-refractivity contribution in [2.75, 3.05) is 24.5 Å². The standard InChI is InChI=1S/C18H29FN2/c1-13(2)9-20-10-16-8-17(19)5-6-18(16)21-11-14(3)7-15(4)12-21/h5-6,8,13-15,20H,7,9-12H2,1-4H3. The van der Waals surface area contributed by atoms with Crippen molar-refractivity contribution < 1.29 is 4.39 Å². The minimum absolute atomic E-state index is 0.141. The number of halogens is 1. The van der Waals surface area contributed by atoms with E-state index in [2.05, 4.69) is 37.9 Å². The van der Waals surface area contributed by atoms with E-state index in [4.69, 9.17) is 0 Å². The summed E-state index contributed by atoms with van der Waals surface area (Å²) in [4.78, 5) is 2.44. The number of hydrogen-bond acceptors (Lipinski definition) is 2. The van der Waals surface area contributed by atoms with Crippen molar-refractivity contribution in [2.45, 2.75) is 40.7 Å². The molecular formula is C18H29FN2. The van der Waals surface area contributed by atoms with E-state index in [1.165, 1.54) is 12.1 Å². The predicted octanol–water partition coefficient (Wildman–Crippen LogP) is 4.05. The van der Waals surface area contributed by atoms with Gasteiger partial charge < -0.3 is 10.2 Å². The topological polar surface area (TPSA) is 15.3 Å². The lowest BCUT2D eigenvalue weighted by Gasteiger charge is -2.37. The number of hydrogen-bond donors (Lipinski definition) is 1. The molecule has 0 aromatic heterocycles. The molecule has 0 saturated carbocycles. The van der Waals surface area contributed by atoms with Gasteiger partial charge in [0, 0.05) is 25.3 Å². The molecule has 0 aliphatic carbocycles. The van der Waals surface area contributed by atoms with Gasteiger partial charge in [0.05, 0.1) is 0 Å². The molecule has 1 aliphatic rings.